The lowest BCUT2D eigenvalue weighted by Gasteiger charge is -2.53. The Morgan fingerprint density at radius 3 is 2.11 bits per heavy atom. The molecule has 4 atom stereocenters. The largest absolute Gasteiger partial charge is 0.480 e. The molecule has 3 aliphatic heterocycles. The van der Waals surface area contributed by atoms with E-state index in [0.717, 1.165) is 43.2 Å². The van der Waals surface area contributed by atoms with E-state index in [4.69, 9.17) is 4.98 Å². The smallest absolute Gasteiger partial charge is 0.317 e. The maximum absolute atomic E-state index is 11.7. The van der Waals surface area contributed by atoms with Crippen LogP contribution in [0.15, 0.2) is 24.3 Å². The Morgan fingerprint density at radius 1 is 0.763 bits per heavy atom. The number of piperidine rings is 3. The van der Waals surface area contributed by atoms with Crippen molar-refractivity contribution in [3.63, 3.8) is 0 Å². The molecule has 6 rings (SSSR count). The van der Waals surface area contributed by atoms with Crippen molar-refractivity contribution in [1.82, 2.24) is 19.4 Å². The number of carboxylic acid groups (broad SMARTS) is 1. The van der Waals surface area contributed by atoms with E-state index in [2.05, 4.69) is 38.6 Å². The molecule has 6 heteroatoms. The third-order valence-electron chi connectivity index (χ3n) is 10.2. The first-order valence-electron chi connectivity index (χ1n) is 15.9. The first-order chi connectivity index (χ1) is 18.7. The lowest BCUT2D eigenvalue weighted by atomic mass is 9.79. The number of aromatic nitrogens is 2. The van der Waals surface area contributed by atoms with Gasteiger partial charge in [0.2, 0.25) is 0 Å². The highest BCUT2D eigenvalue weighted by atomic mass is 16.4. The number of fused-ring (bicyclic) bond motifs is 3. The van der Waals surface area contributed by atoms with Crippen LogP contribution < -0.4 is 0 Å². The maximum atomic E-state index is 11.7. The number of hydrogen-bond donors (Lipinski definition) is 1. The van der Waals surface area contributed by atoms with Gasteiger partial charge in [-0.25, -0.2) is 4.98 Å². The molecule has 0 unspecified atom stereocenters. The minimum absolute atomic E-state index is 0.100. The van der Waals surface area contributed by atoms with Gasteiger partial charge in [-0.2, -0.15) is 0 Å². The normalized spacial score (nSPS) is 30.8. The van der Waals surface area contributed by atoms with E-state index in [1.807, 2.05) is 0 Å². The molecule has 2 bridgehead atoms. The Bertz CT molecular complexity index is 1060. The number of nitrogens with zero attached hydrogens (tertiary/aromatic N) is 4. The molecule has 0 spiro atoms. The number of carbonyl (C=O) groups is 1. The van der Waals surface area contributed by atoms with Crippen LogP contribution in [0, 0.1) is 0 Å². The van der Waals surface area contributed by atoms with Gasteiger partial charge in [-0.1, -0.05) is 69.9 Å². The van der Waals surface area contributed by atoms with Crippen molar-refractivity contribution in [2.45, 2.75) is 139 Å². The summed E-state index contributed by atoms with van der Waals surface area (Å²) in [6.45, 7) is 0.963. The van der Waals surface area contributed by atoms with Crippen molar-refractivity contribution in [3.8, 4) is 0 Å². The highest BCUT2D eigenvalue weighted by Crippen LogP contribution is 2.45. The van der Waals surface area contributed by atoms with Crippen LogP contribution >= 0.6 is 0 Å². The fourth-order valence-electron chi connectivity index (χ4n) is 8.61. The number of para-hydroxylation sites is 2. The summed E-state index contributed by atoms with van der Waals surface area (Å²) in [7, 11) is 0. The molecule has 1 aromatic carbocycles. The van der Waals surface area contributed by atoms with E-state index in [-0.39, 0.29) is 12.6 Å². The highest BCUT2D eigenvalue weighted by Gasteiger charge is 2.43. The first-order valence-corrected chi connectivity index (χ1v) is 15.9. The highest BCUT2D eigenvalue weighted by molar-refractivity contribution is 5.76. The number of rotatable bonds is 5. The van der Waals surface area contributed by atoms with Gasteiger partial charge in [0.25, 0.3) is 0 Å². The number of hydrogen-bond acceptors (Lipinski definition) is 4. The van der Waals surface area contributed by atoms with Gasteiger partial charge in [0, 0.05) is 24.2 Å². The van der Waals surface area contributed by atoms with Crippen molar-refractivity contribution in [1.29, 1.82) is 0 Å². The zero-order chi connectivity index (χ0) is 25.9. The van der Waals surface area contributed by atoms with Gasteiger partial charge in [-0.05, 0) is 70.0 Å². The van der Waals surface area contributed by atoms with Gasteiger partial charge >= 0.3 is 5.97 Å². The standard InChI is InChI=1S/C32H48N4O2/c37-31(38)23-34-20-11-10-19-30(34)32-33-28-17-8-9-18-29(28)36(32)27-21-25-15-12-16-26(22-27)35(25)24-13-6-4-2-1-3-5-7-14-24/h8-9,17-18,24-27,30H,1-7,10-16,19-23H2,(H,37,38)/t25-,26+,27-,30-/m1/s1. The van der Waals surface area contributed by atoms with E-state index in [9.17, 15) is 9.90 Å². The van der Waals surface area contributed by atoms with Crippen LogP contribution in [0.2, 0.25) is 0 Å². The third-order valence-corrected chi connectivity index (χ3v) is 10.2. The predicted molar refractivity (Wildman–Crippen MR) is 152 cm³/mol. The van der Waals surface area contributed by atoms with Gasteiger partial charge in [0.1, 0.15) is 5.82 Å². The van der Waals surface area contributed by atoms with Gasteiger partial charge in [-0.3, -0.25) is 14.6 Å². The molecule has 3 saturated heterocycles. The molecule has 38 heavy (non-hydrogen) atoms. The second-order valence-electron chi connectivity index (χ2n) is 12.7. The van der Waals surface area contributed by atoms with Crippen LogP contribution in [0.25, 0.3) is 11.0 Å². The Hall–Kier alpha value is -1.92. The average molecular weight is 521 g/mol. The maximum Gasteiger partial charge on any atom is 0.317 e. The second-order valence-corrected chi connectivity index (χ2v) is 12.7. The van der Waals surface area contributed by atoms with Gasteiger partial charge in [-0.15, -0.1) is 0 Å². The number of imidazole rings is 1. The van der Waals surface area contributed by atoms with E-state index in [1.165, 1.54) is 95.4 Å². The molecular weight excluding hydrogens is 472 g/mol. The summed E-state index contributed by atoms with van der Waals surface area (Å²) in [5, 5.41) is 9.65. The molecule has 0 radical (unpaired) electrons. The topological polar surface area (TPSA) is 61.6 Å². The van der Waals surface area contributed by atoms with Crippen LogP contribution in [0.5, 0.6) is 0 Å². The van der Waals surface area contributed by atoms with Crippen LogP contribution in [-0.2, 0) is 4.79 Å². The molecule has 1 saturated carbocycles. The summed E-state index contributed by atoms with van der Waals surface area (Å²) in [6.07, 6.45) is 22.4. The fraction of sp³-hybridized carbons (Fsp3) is 0.750. The zero-order valence-electron chi connectivity index (χ0n) is 23.3. The molecule has 1 aliphatic carbocycles. The molecule has 0 amide bonds. The lowest BCUT2D eigenvalue weighted by Crippen LogP contribution is -2.56. The Kier molecular flexibility index (Phi) is 8.36. The second kappa shape index (κ2) is 12.1. The molecule has 2 aromatic rings. The Labute approximate surface area is 228 Å². The number of benzene rings is 1. The van der Waals surface area contributed by atoms with Gasteiger partial charge in [0.05, 0.1) is 23.6 Å². The van der Waals surface area contributed by atoms with Crippen LogP contribution in [0.3, 0.4) is 0 Å². The summed E-state index contributed by atoms with van der Waals surface area (Å²) < 4.78 is 2.59. The summed E-state index contributed by atoms with van der Waals surface area (Å²) >= 11 is 0. The quantitative estimate of drug-likeness (QED) is 0.456. The summed E-state index contributed by atoms with van der Waals surface area (Å²) in [5.74, 6) is 0.399. The number of likely N-dealkylation sites (tertiary alicyclic amines) is 1. The Morgan fingerprint density at radius 2 is 1.39 bits per heavy atom. The third kappa shape index (κ3) is 5.54. The van der Waals surface area contributed by atoms with Crippen molar-refractivity contribution in [2.24, 2.45) is 0 Å². The monoisotopic (exact) mass is 520 g/mol. The molecule has 1 aromatic heterocycles. The summed E-state index contributed by atoms with van der Waals surface area (Å²) in [4.78, 5) is 22.2. The van der Waals surface area contributed by atoms with Crippen molar-refractivity contribution < 1.29 is 9.90 Å². The molecule has 4 fully saturated rings. The molecule has 4 aliphatic rings. The molecule has 1 N–H and O–H groups in total. The molecule has 6 nitrogen and oxygen atoms in total. The molecule has 4 heterocycles. The van der Waals surface area contributed by atoms with Crippen molar-refractivity contribution >= 4 is 17.0 Å². The Balaban J connectivity index is 1.30. The van der Waals surface area contributed by atoms with E-state index in [1.54, 1.807) is 0 Å². The van der Waals surface area contributed by atoms with Gasteiger partial charge in [0.15, 0.2) is 0 Å². The van der Waals surface area contributed by atoms with Crippen LogP contribution in [0.1, 0.15) is 127 Å². The number of carboxylic acids is 1. The average Bonchev–Trinajstić information content (AvgIpc) is 3.30. The van der Waals surface area contributed by atoms with Crippen molar-refractivity contribution in [3.05, 3.63) is 30.1 Å². The SMILES string of the molecule is O=C(O)CN1CCCC[C@@H]1c1nc2ccccc2n1[C@@H]1C[C@H]2CCC[C@@H](C1)N2C1CCCCCCCCC1. The van der Waals surface area contributed by atoms with Crippen LogP contribution in [-0.4, -0.2) is 61.6 Å². The number of aliphatic carboxylic acids is 1. The van der Waals surface area contributed by atoms with E-state index < -0.39 is 5.97 Å². The first kappa shape index (κ1) is 26.3. The minimum atomic E-state index is -0.729. The van der Waals surface area contributed by atoms with Crippen LogP contribution in [0.4, 0.5) is 0 Å². The summed E-state index contributed by atoms with van der Waals surface area (Å²) in [5.41, 5.74) is 2.32. The summed E-state index contributed by atoms with van der Waals surface area (Å²) in [6, 6.07) is 11.3. The minimum Gasteiger partial charge on any atom is -0.480 e. The van der Waals surface area contributed by atoms with E-state index in [0.29, 0.717) is 18.1 Å². The molecular formula is C32H48N4O2. The van der Waals surface area contributed by atoms with E-state index >= 15 is 0 Å². The van der Waals surface area contributed by atoms with Crippen molar-refractivity contribution in [2.75, 3.05) is 13.1 Å². The molecule has 208 valence electrons. The lowest BCUT2D eigenvalue weighted by molar-refractivity contribution is -0.139. The predicted octanol–water partition coefficient (Wildman–Crippen LogP) is 7.10. The fourth-order valence-corrected chi connectivity index (χ4v) is 8.61. The van der Waals surface area contributed by atoms with Gasteiger partial charge < -0.3 is 9.67 Å². The zero-order valence-corrected chi connectivity index (χ0v) is 23.3.